The lowest BCUT2D eigenvalue weighted by atomic mass is 9.98. The maximum Gasteiger partial charge on any atom is 0.132 e. The zero-order valence-corrected chi connectivity index (χ0v) is 14.1. The van der Waals surface area contributed by atoms with Crippen molar-refractivity contribution >= 4 is 40.4 Å². The molecule has 1 aliphatic carbocycles. The maximum absolute atomic E-state index is 6.01. The van der Waals surface area contributed by atoms with Crippen LogP contribution >= 0.6 is 23.2 Å². The smallest absolute Gasteiger partial charge is 0.132 e. The minimum absolute atomic E-state index is 0.647. The highest BCUT2D eigenvalue weighted by Crippen LogP contribution is 2.32. The molecule has 0 spiro atoms. The molecule has 0 fully saturated rings. The summed E-state index contributed by atoms with van der Waals surface area (Å²) < 4.78 is 4.92. The van der Waals surface area contributed by atoms with E-state index in [4.69, 9.17) is 27.8 Å². The van der Waals surface area contributed by atoms with Gasteiger partial charge in [0, 0.05) is 16.5 Å². The van der Waals surface area contributed by atoms with Gasteiger partial charge in [0.05, 0.1) is 0 Å². The lowest BCUT2D eigenvalue weighted by Gasteiger charge is -2.07. The zero-order valence-electron chi connectivity index (χ0n) is 12.5. The van der Waals surface area contributed by atoms with Crippen LogP contribution < -0.4 is 0 Å². The highest BCUT2D eigenvalue weighted by atomic mass is 35.5. The fraction of sp³-hybridized carbons (Fsp3) is 0.0526. The molecule has 2 aromatic carbocycles. The number of hydrogen-bond acceptors (Lipinski definition) is 3. The van der Waals surface area contributed by atoms with E-state index in [2.05, 4.69) is 16.4 Å². The molecular weight excluding hydrogens is 343 g/mol. The summed E-state index contributed by atoms with van der Waals surface area (Å²) >= 11 is 12.0. The number of fused-ring (bicyclic) bond motifs is 1. The van der Waals surface area contributed by atoms with Crippen LogP contribution in [-0.4, -0.2) is 10.3 Å². The van der Waals surface area contributed by atoms with E-state index in [9.17, 15) is 0 Å². The molecule has 0 radical (unpaired) electrons. The van der Waals surface area contributed by atoms with Gasteiger partial charge in [-0.3, -0.25) is 0 Å². The van der Waals surface area contributed by atoms with Crippen LogP contribution in [0.2, 0.25) is 10.0 Å². The van der Waals surface area contributed by atoms with Gasteiger partial charge in [-0.05, 0) is 52.6 Å². The van der Waals surface area contributed by atoms with Crippen LogP contribution in [0.1, 0.15) is 22.5 Å². The number of aromatic nitrogens is 2. The first-order valence-electron chi connectivity index (χ1n) is 7.44. The first-order valence-corrected chi connectivity index (χ1v) is 8.20. The predicted molar refractivity (Wildman–Crippen MR) is 96.8 cm³/mol. The molecule has 3 aromatic rings. The van der Waals surface area contributed by atoms with Crippen LogP contribution in [0.25, 0.3) is 17.2 Å². The van der Waals surface area contributed by atoms with Crippen LogP contribution in [0, 0.1) is 0 Å². The highest BCUT2D eigenvalue weighted by Gasteiger charge is 2.17. The Morgan fingerprint density at radius 3 is 2.04 bits per heavy atom. The molecule has 1 aliphatic rings. The van der Waals surface area contributed by atoms with Gasteiger partial charge >= 0.3 is 0 Å². The van der Waals surface area contributed by atoms with E-state index in [-0.39, 0.29) is 0 Å². The summed E-state index contributed by atoms with van der Waals surface area (Å²) in [5, 5.41) is 9.46. The Balaban J connectivity index is 1.84. The van der Waals surface area contributed by atoms with Crippen molar-refractivity contribution in [2.24, 2.45) is 0 Å². The van der Waals surface area contributed by atoms with Gasteiger partial charge in [-0.2, -0.15) is 0 Å². The van der Waals surface area contributed by atoms with E-state index >= 15 is 0 Å². The zero-order chi connectivity index (χ0) is 16.5. The minimum atomic E-state index is 0.647. The van der Waals surface area contributed by atoms with Crippen LogP contribution in [0.4, 0.5) is 0 Å². The Morgan fingerprint density at radius 1 is 0.750 bits per heavy atom. The fourth-order valence-corrected chi connectivity index (χ4v) is 2.96. The summed E-state index contributed by atoms with van der Waals surface area (Å²) in [6.07, 6.45) is 4.78. The summed E-state index contributed by atoms with van der Waals surface area (Å²) in [5.74, 6) is 0. The van der Waals surface area contributed by atoms with Gasteiger partial charge in [0.15, 0.2) is 0 Å². The number of hydrogen-bond donors (Lipinski definition) is 0. The summed E-state index contributed by atoms with van der Waals surface area (Å²) in [6.45, 7) is 0. The van der Waals surface area contributed by atoms with Crippen LogP contribution in [0.3, 0.4) is 0 Å². The average Bonchev–Trinajstić information content (AvgIpc) is 2.94. The van der Waals surface area contributed by atoms with Gasteiger partial charge in [-0.15, -0.1) is 0 Å². The summed E-state index contributed by atoms with van der Waals surface area (Å²) in [7, 11) is 0. The highest BCUT2D eigenvalue weighted by molar-refractivity contribution is 6.30. The molecule has 0 saturated heterocycles. The maximum atomic E-state index is 6.01. The molecule has 5 heteroatoms. The van der Waals surface area contributed by atoms with Crippen molar-refractivity contribution in [1.29, 1.82) is 0 Å². The summed E-state index contributed by atoms with van der Waals surface area (Å²) in [6, 6.07) is 15.5. The first-order chi connectivity index (χ1) is 11.7. The van der Waals surface area contributed by atoms with Gasteiger partial charge in [-0.1, -0.05) is 63.9 Å². The van der Waals surface area contributed by atoms with Crippen molar-refractivity contribution in [3.8, 4) is 0 Å². The molecule has 4 rings (SSSR count). The third-order valence-electron chi connectivity index (χ3n) is 3.96. The molecule has 0 amide bonds. The lowest BCUT2D eigenvalue weighted by molar-refractivity contribution is 0.303. The molecule has 0 unspecified atom stereocenters. The predicted octanol–water partition coefficient (Wildman–Crippen LogP) is 5.56. The normalized spacial score (nSPS) is 13.8. The van der Waals surface area contributed by atoms with E-state index in [1.165, 1.54) is 0 Å². The van der Waals surface area contributed by atoms with E-state index in [1.807, 2.05) is 54.6 Å². The van der Waals surface area contributed by atoms with Gasteiger partial charge in [-0.25, -0.2) is 4.63 Å². The number of allylic oxidation sites excluding steroid dienone is 3. The van der Waals surface area contributed by atoms with Crippen molar-refractivity contribution < 1.29 is 4.63 Å². The molecule has 3 nitrogen and oxygen atoms in total. The molecule has 1 heterocycles. The molecule has 24 heavy (non-hydrogen) atoms. The molecule has 0 aliphatic heterocycles. The summed E-state index contributed by atoms with van der Waals surface area (Å²) in [4.78, 5) is 0. The lowest BCUT2D eigenvalue weighted by Crippen LogP contribution is -1.92. The summed E-state index contributed by atoms with van der Waals surface area (Å²) in [5.41, 5.74) is 5.88. The van der Waals surface area contributed by atoms with E-state index < -0.39 is 0 Å². The standard InChI is InChI=1S/C19H12Cl2N2O/c20-16-5-1-12(2-6-16)14-9-15(13-3-7-17(21)8-4-13)11-19-18(10-14)22-24-23-19/h1-10H,11H2. The third-order valence-corrected chi connectivity index (χ3v) is 4.46. The second kappa shape index (κ2) is 6.27. The minimum Gasteiger partial charge on any atom is -0.244 e. The largest absolute Gasteiger partial charge is 0.244 e. The van der Waals surface area contributed by atoms with Gasteiger partial charge < -0.3 is 0 Å². The Hall–Kier alpha value is -2.36. The Bertz CT molecular complexity index is 938. The molecule has 0 atom stereocenters. The Kier molecular flexibility index (Phi) is 3.97. The average molecular weight is 355 g/mol. The van der Waals surface area contributed by atoms with Crippen molar-refractivity contribution in [2.75, 3.05) is 0 Å². The topological polar surface area (TPSA) is 38.9 Å². The van der Waals surface area contributed by atoms with Crippen molar-refractivity contribution in [3.05, 3.63) is 87.2 Å². The molecular formula is C19H12Cl2N2O. The van der Waals surface area contributed by atoms with Crippen LogP contribution in [0.15, 0.2) is 59.2 Å². The van der Waals surface area contributed by atoms with E-state index in [1.54, 1.807) is 0 Å². The quantitative estimate of drug-likeness (QED) is 0.604. The molecule has 0 bridgehead atoms. The molecule has 0 N–H and O–H groups in total. The van der Waals surface area contributed by atoms with Crippen LogP contribution in [-0.2, 0) is 6.42 Å². The van der Waals surface area contributed by atoms with Gasteiger partial charge in [0.1, 0.15) is 11.4 Å². The Morgan fingerprint density at radius 2 is 1.38 bits per heavy atom. The molecule has 118 valence electrons. The number of halogens is 2. The van der Waals surface area contributed by atoms with Crippen molar-refractivity contribution in [3.63, 3.8) is 0 Å². The van der Waals surface area contributed by atoms with E-state index in [0.717, 1.165) is 33.7 Å². The monoisotopic (exact) mass is 354 g/mol. The molecule has 1 aromatic heterocycles. The van der Waals surface area contributed by atoms with Crippen LogP contribution in [0.5, 0.6) is 0 Å². The first kappa shape index (κ1) is 15.2. The fourth-order valence-electron chi connectivity index (χ4n) is 2.71. The second-order valence-electron chi connectivity index (χ2n) is 5.56. The second-order valence-corrected chi connectivity index (χ2v) is 6.43. The van der Waals surface area contributed by atoms with Crippen molar-refractivity contribution in [2.45, 2.75) is 6.42 Å². The van der Waals surface area contributed by atoms with E-state index in [0.29, 0.717) is 16.5 Å². The number of nitrogens with zero attached hydrogens (tertiary/aromatic N) is 2. The van der Waals surface area contributed by atoms with Gasteiger partial charge in [0.25, 0.3) is 0 Å². The van der Waals surface area contributed by atoms with Crippen molar-refractivity contribution in [1.82, 2.24) is 10.3 Å². The number of rotatable bonds is 2. The third kappa shape index (κ3) is 3.01. The number of benzene rings is 2. The SMILES string of the molecule is Clc1ccc(C2=Cc3nonc3CC(c3ccc(Cl)cc3)=C2)cc1. The van der Waals surface area contributed by atoms with Gasteiger partial charge in [0.2, 0.25) is 0 Å². The Labute approximate surface area is 149 Å². The molecule has 0 saturated carbocycles.